The third-order valence-electron chi connectivity index (χ3n) is 3.91. The smallest absolute Gasteiger partial charge is 0.318 e. The van der Waals surface area contributed by atoms with Crippen LogP contribution in [0, 0.1) is 6.92 Å². The van der Waals surface area contributed by atoms with Crippen molar-refractivity contribution in [2.75, 3.05) is 0 Å². The van der Waals surface area contributed by atoms with Gasteiger partial charge in [0.2, 0.25) is 0 Å². The first-order valence-electron chi connectivity index (χ1n) is 7.37. The van der Waals surface area contributed by atoms with Crippen molar-refractivity contribution in [1.29, 1.82) is 0 Å². The van der Waals surface area contributed by atoms with Gasteiger partial charge in [-0.15, -0.1) is 0 Å². The van der Waals surface area contributed by atoms with Crippen LogP contribution < -0.4 is 15.9 Å². The quantitative estimate of drug-likeness (QED) is 0.630. The molecular weight excluding hydrogens is 344 g/mol. The lowest BCUT2D eigenvalue weighted by molar-refractivity contribution is -0.612. The molecule has 0 radical (unpaired) electrons. The van der Waals surface area contributed by atoms with E-state index < -0.39 is 21.3 Å². The fraction of sp³-hybridized carbons (Fsp3) is 0.188. The Morgan fingerprint density at radius 3 is 2.28 bits per heavy atom. The standard InChI is InChI=1S/C16H16N4O4S/c1-11-4-6-12(7-5-11)25(23,24)17-20-9-8-14-13(10-20)15(21)19(3)16(22)18(14)2/h4-10H,1-3H3. The number of rotatable bonds is 3. The SMILES string of the molecule is Cc1ccc(S(=O)(=O)[N-][n+]2ccc3c(c2)c(=O)n(C)c(=O)n3C)cc1. The van der Waals surface area contributed by atoms with Crippen molar-refractivity contribution in [2.45, 2.75) is 11.8 Å². The second-order valence-corrected chi connectivity index (χ2v) is 7.28. The number of fused-ring (bicyclic) bond motifs is 1. The minimum atomic E-state index is -3.93. The molecule has 9 heteroatoms. The lowest BCUT2D eigenvalue weighted by atomic mass is 10.2. The molecule has 25 heavy (non-hydrogen) atoms. The number of pyridine rings is 1. The average Bonchev–Trinajstić information content (AvgIpc) is 2.58. The van der Waals surface area contributed by atoms with Gasteiger partial charge in [-0.1, -0.05) is 17.7 Å². The maximum absolute atomic E-state index is 12.4. The number of hydrogen-bond acceptors (Lipinski definition) is 4. The van der Waals surface area contributed by atoms with Gasteiger partial charge in [-0.25, -0.2) is 17.9 Å². The first-order chi connectivity index (χ1) is 11.7. The summed E-state index contributed by atoms with van der Waals surface area (Å²) in [5.41, 5.74) is 0.351. The highest BCUT2D eigenvalue weighted by Crippen LogP contribution is 2.15. The third kappa shape index (κ3) is 2.93. The molecule has 0 aliphatic heterocycles. The number of sulfonamides is 1. The van der Waals surface area contributed by atoms with Crippen molar-refractivity contribution in [3.05, 3.63) is 74.0 Å². The van der Waals surface area contributed by atoms with E-state index in [2.05, 4.69) is 4.83 Å². The molecular formula is C16H16N4O4S. The summed E-state index contributed by atoms with van der Waals surface area (Å²) in [4.78, 5) is 28.0. The number of nitrogens with zero attached hydrogens (tertiary/aromatic N) is 4. The van der Waals surface area contributed by atoms with Gasteiger partial charge in [0, 0.05) is 20.2 Å². The van der Waals surface area contributed by atoms with Gasteiger partial charge in [0.1, 0.15) is 5.39 Å². The number of aromatic nitrogens is 3. The van der Waals surface area contributed by atoms with Gasteiger partial charge in [-0.3, -0.25) is 13.9 Å². The molecule has 3 rings (SSSR count). The van der Waals surface area contributed by atoms with Gasteiger partial charge in [0.15, 0.2) is 22.4 Å². The predicted molar refractivity (Wildman–Crippen MR) is 91.7 cm³/mol. The summed E-state index contributed by atoms with van der Waals surface area (Å²) in [7, 11) is -1.03. The van der Waals surface area contributed by atoms with Crippen LogP contribution in [0.2, 0.25) is 0 Å². The summed E-state index contributed by atoms with van der Waals surface area (Å²) in [5.74, 6) is 0. The Labute approximate surface area is 143 Å². The van der Waals surface area contributed by atoms with Crippen LogP contribution in [-0.2, 0) is 24.1 Å². The van der Waals surface area contributed by atoms with Gasteiger partial charge in [-0.05, 0) is 19.1 Å². The second-order valence-electron chi connectivity index (χ2n) is 5.70. The fourth-order valence-electron chi connectivity index (χ4n) is 2.46. The average molecular weight is 360 g/mol. The Kier molecular flexibility index (Phi) is 3.96. The normalized spacial score (nSPS) is 11.6. The molecule has 2 aromatic heterocycles. The summed E-state index contributed by atoms with van der Waals surface area (Å²) < 4.78 is 28.1. The van der Waals surface area contributed by atoms with E-state index in [4.69, 9.17) is 0 Å². The van der Waals surface area contributed by atoms with E-state index in [0.29, 0.717) is 5.52 Å². The first-order valence-corrected chi connectivity index (χ1v) is 8.81. The minimum Gasteiger partial charge on any atom is -0.318 e. The number of hydrogen-bond donors (Lipinski definition) is 0. The van der Waals surface area contributed by atoms with E-state index >= 15 is 0 Å². The van der Waals surface area contributed by atoms with Crippen LogP contribution in [0.15, 0.2) is 57.2 Å². The summed E-state index contributed by atoms with van der Waals surface area (Å²) in [6.45, 7) is 1.85. The predicted octanol–water partition coefficient (Wildman–Crippen LogP) is 0.359. The molecule has 0 saturated heterocycles. The minimum absolute atomic E-state index is 0.0547. The molecule has 2 heterocycles. The summed E-state index contributed by atoms with van der Waals surface area (Å²) >= 11 is 0. The lowest BCUT2D eigenvalue weighted by Crippen LogP contribution is -2.39. The number of aryl methyl sites for hydroxylation is 2. The Morgan fingerprint density at radius 1 is 1.00 bits per heavy atom. The Hall–Kier alpha value is -2.94. The van der Waals surface area contributed by atoms with Crippen LogP contribution in [0.1, 0.15) is 5.56 Å². The van der Waals surface area contributed by atoms with Crippen LogP contribution in [0.4, 0.5) is 0 Å². The molecule has 0 N–H and O–H groups in total. The van der Waals surface area contributed by atoms with Crippen molar-refractivity contribution >= 4 is 20.9 Å². The number of benzene rings is 1. The van der Waals surface area contributed by atoms with Crippen LogP contribution in [0.25, 0.3) is 15.7 Å². The fourth-order valence-corrected chi connectivity index (χ4v) is 3.39. The maximum Gasteiger partial charge on any atom is 0.330 e. The Bertz CT molecular complexity index is 1190. The van der Waals surface area contributed by atoms with Gasteiger partial charge < -0.3 is 4.83 Å². The molecule has 1 aromatic carbocycles. The van der Waals surface area contributed by atoms with E-state index in [1.165, 1.54) is 49.3 Å². The summed E-state index contributed by atoms with van der Waals surface area (Å²) in [6, 6.07) is 7.78. The van der Waals surface area contributed by atoms with Gasteiger partial charge in [-0.2, -0.15) is 0 Å². The lowest BCUT2D eigenvalue weighted by Gasteiger charge is -2.15. The molecule has 0 spiro atoms. The van der Waals surface area contributed by atoms with E-state index in [0.717, 1.165) is 14.8 Å². The highest BCUT2D eigenvalue weighted by molar-refractivity contribution is 7.93. The Morgan fingerprint density at radius 2 is 1.64 bits per heavy atom. The second kappa shape index (κ2) is 5.85. The molecule has 0 atom stereocenters. The third-order valence-corrected chi connectivity index (χ3v) is 5.18. The molecule has 0 aliphatic rings. The van der Waals surface area contributed by atoms with Crippen molar-refractivity contribution in [2.24, 2.45) is 14.1 Å². The van der Waals surface area contributed by atoms with Gasteiger partial charge in [0.05, 0.1) is 10.4 Å². The van der Waals surface area contributed by atoms with Crippen LogP contribution in [0.5, 0.6) is 0 Å². The molecule has 130 valence electrons. The maximum atomic E-state index is 12.4. The molecule has 3 aromatic rings. The topological polar surface area (TPSA) is 96.1 Å². The highest BCUT2D eigenvalue weighted by Gasteiger charge is 2.13. The zero-order chi connectivity index (χ0) is 18.4. The highest BCUT2D eigenvalue weighted by atomic mass is 32.2. The molecule has 0 fully saturated rings. The zero-order valence-electron chi connectivity index (χ0n) is 13.9. The molecule has 0 bridgehead atoms. The van der Waals surface area contributed by atoms with Crippen molar-refractivity contribution < 1.29 is 13.1 Å². The zero-order valence-corrected chi connectivity index (χ0v) is 14.7. The van der Waals surface area contributed by atoms with E-state index in [1.807, 2.05) is 6.92 Å². The molecule has 8 nitrogen and oxygen atoms in total. The van der Waals surface area contributed by atoms with Gasteiger partial charge >= 0.3 is 5.69 Å². The van der Waals surface area contributed by atoms with E-state index in [9.17, 15) is 18.0 Å². The summed E-state index contributed by atoms with van der Waals surface area (Å²) in [6.07, 6.45) is 2.68. The van der Waals surface area contributed by atoms with E-state index in [1.54, 1.807) is 12.1 Å². The van der Waals surface area contributed by atoms with Crippen LogP contribution in [0.3, 0.4) is 0 Å². The Balaban J connectivity index is 2.10. The largest absolute Gasteiger partial charge is 0.330 e. The van der Waals surface area contributed by atoms with Crippen molar-refractivity contribution in [3.63, 3.8) is 0 Å². The molecule has 0 unspecified atom stereocenters. The first kappa shape index (κ1) is 16.9. The monoisotopic (exact) mass is 360 g/mol. The van der Waals surface area contributed by atoms with E-state index in [-0.39, 0.29) is 10.3 Å². The van der Waals surface area contributed by atoms with Crippen molar-refractivity contribution in [1.82, 2.24) is 9.13 Å². The molecule has 0 aliphatic carbocycles. The summed E-state index contributed by atoms with van der Waals surface area (Å²) in [5, 5.41) is 0.190. The molecule has 0 amide bonds. The van der Waals surface area contributed by atoms with Crippen LogP contribution in [-0.4, -0.2) is 17.6 Å². The van der Waals surface area contributed by atoms with Crippen molar-refractivity contribution in [3.8, 4) is 0 Å². The van der Waals surface area contributed by atoms with Gasteiger partial charge in [0.25, 0.3) is 5.56 Å². The van der Waals surface area contributed by atoms with Crippen LogP contribution >= 0.6 is 0 Å². The molecule has 0 saturated carbocycles.